The minimum Gasteiger partial charge on any atom is -0.350 e. The number of hydrogen-bond donors (Lipinski definition) is 1. The number of aromatic nitrogens is 3. The van der Waals surface area contributed by atoms with Crippen molar-refractivity contribution in [3.05, 3.63) is 23.5 Å². The number of carbonyl (C=O) groups is 1. The molecule has 1 atom stereocenters. The fourth-order valence-corrected chi connectivity index (χ4v) is 2.24. The minimum atomic E-state index is -0.0707. The van der Waals surface area contributed by atoms with E-state index in [2.05, 4.69) is 22.3 Å². The van der Waals surface area contributed by atoms with E-state index in [9.17, 15) is 4.79 Å². The van der Waals surface area contributed by atoms with Crippen LogP contribution in [0, 0.1) is 6.92 Å². The lowest BCUT2D eigenvalue weighted by Crippen LogP contribution is -2.32. The Balaban J connectivity index is 2.25. The normalized spacial score (nSPS) is 12.6. The highest BCUT2D eigenvalue weighted by Crippen LogP contribution is 2.16. The molecule has 0 saturated heterocycles. The lowest BCUT2D eigenvalue weighted by molar-refractivity contribution is 0.0938. The van der Waals surface area contributed by atoms with Gasteiger partial charge in [0.15, 0.2) is 5.65 Å². The van der Waals surface area contributed by atoms with E-state index in [0.717, 1.165) is 29.6 Å². The highest BCUT2D eigenvalue weighted by atomic mass is 16.1. The summed E-state index contributed by atoms with van der Waals surface area (Å²) in [6.45, 7) is 6.04. The standard InChI is InChI=1S/C14H20N4O/c1-5-6-9(2)16-14(19)11-7-12-10(3)17-18(4)13(12)15-8-11/h7-9H,5-6H2,1-4H3,(H,16,19)/t9-/m0/s1. The first-order valence-electron chi connectivity index (χ1n) is 6.63. The zero-order chi connectivity index (χ0) is 14.0. The van der Waals surface area contributed by atoms with E-state index in [-0.39, 0.29) is 11.9 Å². The monoisotopic (exact) mass is 260 g/mol. The SMILES string of the molecule is CCC[C@H](C)NC(=O)c1cnc2c(c1)c(C)nn2C. The Kier molecular flexibility index (Phi) is 3.83. The molecule has 2 rings (SSSR count). The van der Waals surface area contributed by atoms with Crippen LogP contribution < -0.4 is 5.32 Å². The average molecular weight is 260 g/mol. The second-order valence-electron chi connectivity index (χ2n) is 4.97. The molecule has 0 radical (unpaired) electrons. The topological polar surface area (TPSA) is 59.8 Å². The van der Waals surface area contributed by atoms with Crippen molar-refractivity contribution in [2.24, 2.45) is 7.05 Å². The van der Waals surface area contributed by atoms with E-state index in [4.69, 9.17) is 0 Å². The number of carbonyl (C=O) groups excluding carboxylic acids is 1. The van der Waals surface area contributed by atoms with E-state index < -0.39 is 0 Å². The first-order valence-corrected chi connectivity index (χ1v) is 6.63. The first-order chi connectivity index (χ1) is 9.02. The summed E-state index contributed by atoms with van der Waals surface area (Å²) in [4.78, 5) is 16.4. The van der Waals surface area contributed by atoms with Crippen LogP contribution in [0.25, 0.3) is 11.0 Å². The smallest absolute Gasteiger partial charge is 0.253 e. The molecule has 0 fully saturated rings. The van der Waals surface area contributed by atoms with Crippen molar-refractivity contribution in [2.45, 2.75) is 39.7 Å². The van der Waals surface area contributed by atoms with Gasteiger partial charge in [-0.2, -0.15) is 5.10 Å². The molecule has 102 valence electrons. The molecule has 0 spiro atoms. The lowest BCUT2D eigenvalue weighted by Gasteiger charge is -2.12. The Labute approximate surface area is 113 Å². The van der Waals surface area contributed by atoms with Crippen LogP contribution in [0.3, 0.4) is 0 Å². The number of amides is 1. The van der Waals surface area contributed by atoms with Crippen molar-refractivity contribution < 1.29 is 4.79 Å². The maximum absolute atomic E-state index is 12.1. The molecule has 19 heavy (non-hydrogen) atoms. The summed E-state index contributed by atoms with van der Waals surface area (Å²) in [5, 5.41) is 8.21. The number of rotatable bonds is 4. The summed E-state index contributed by atoms with van der Waals surface area (Å²) < 4.78 is 1.73. The van der Waals surface area contributed by atoms with E-state index in [1.807, 2.05) is 27.0 Å². The van der Waals surface area contributed by atoms with Gasteiger partial charge in [-0.15, -0.1) is 0 Å². The van der Waals surface area contributed by atoms with Gasteiger partial charge in [-0.05, 0) is 26.3 Å². The molecule has 0 bridgehead atoms. The quantitative estimate of drug-likeness (QED) is 0.916. The van der Waals surface area contributed by atoms with E-state index in [0.29, 0.717) is 5.56 Å². The molecular formula is C14H20N4O. The summed E-state index contributed by atoms with van der Waals surface area (Å²) in [6, 6.07) is 2.04. The third-order valence-corrected chi connectivity index (χ3v) is 3.22. The predicted octanol–water partition coefficient (Wildman–Crippen LogP) is 2.20. The summed E-state index contributed by atoms with van der Waals surface area (Å²) in [5.41, 5.74) is 2.28. The van der Waals surface area contributed by atoms with Crippen molar-refractivity contribution in [1.82, 2.24) is 20.1 Å². The second-order valence-corrected chi connectivity index (χ2v) is 4.97. The van der Waals surface area contributed by atoms with Crippen molar-refractivity contribution in [3.8, 4) is 0 Å². The van der Waals surface area contributed by atoms with Gasteiger partial charge in [0.25, 0.3) is 5.91 Å². The summed E-state index contributed by atoms with van der Waals surface area (Å²) in [5.74, 6) is -0.0707. The molecule has 5 heteroatoms. The predicted molar refractivity (Wildman–Crippen MR) is 75.1 cm³/mol. The molecule has 2 aromatic rings. The van der Waals surface area contributed by atoms with Crippen molar-refractivity contribution in [3.63, 3.8) is 0 Å². The first kappa shape index (κ1) is 13.5. The van der Waals surface area contributed by atoms with E-state index >= 15 is 0 Å². The van der Waals surface area contributed by atoms with Gasteiger partial charge < -0.3 is 5.32 Å². The molecule has 1 N–H and O–H groups in total. The average Bonchev–Trinajstić information content (AvgIpc) is 2.65. The van der Waals surface area contributed by atoms with Crippen LogP contribution in [0.15, 0.2) is 12.3 Å². The number of hydrogen-bond acceptors (Lipinski definition) is 3. The molecule has 0 aliphatic heterocycles. The van der Waals surface area contributed by atoms with Gasteiger partial charge in [-0.3, -0.25) is 9.48 Å². The molecule has 2 aromatic heterocycles. The number of nitrogens with zero attached hydrogens (tertiary/aromatic N) is 3. The van der Waals surface area contributed by atoms with Gasteiger partial charge in [0, 0.05) is 24.7 Å². The number of fused-ring (bicyclic) bond motifs is 1. The molecule has 0 aromatic carbocycles. The molecule has 0 unspecified atom stereocenters. The fourth-order valence-electron chi connectivity index (χ4n) is 2.24. The zero-order valence-electron chi connectivity index (χ0n) is 11.9. The highest BCUT2D eigenvalue weighted by Gasteiger charge is 2.13. The van der Waals surface area contributed by atoms with Crippen LogP contribution in [-0.2, 0) is 7.05 Å². The van der Waals surface area contributed by atoms with Crippen LogP contribution in [0.5, 0.6) is 0 Å². The van der Waals surface area contributed by atoms with Crippen LogP contribution >= 0.6 is 0 Å². The van der Waals surface area contributed by atoms with Crippen LogP contribution in [0.2, 0.25) is 0 Å². The molecule has 5 nitrogen and oxygen atoms in total. The lowest BCUT2D eigenvalue weighted by atomic mass is 10.1. The third-order valence-electron chi connectivity index (χ3n) is 3.22. The largest absolute Gasteiger partial charge is 0.350 e. The fraction of sp³-hybridized carbons (Fsp3) is 0.500. The Hall–Kier alpha value is -1.91. The van der Waals surface area contributed by atoms with Gasteiger partial charge in [0.05, 0.1) is 11.3 Å². The minimum absolute atomic E-state index is 0.0707. The molecule has 1 amide bonds. The number of aryl methyl sites for hydroxylation is 2. The van der Waals surface area contributed by atoms with Gasteiger partial charge in [0.1, 0.15) is 0 Å². The van der Waals surface area contributed by atoms with Crippen LogP contribution in [0.4, 0.5) is 0 Å². The summed E-state index contributed by atoms with van der Waals surface area (Å²) in [6.07, 6.45) is 3.64. The maximum atomic E-state index is 12.1. The Morgan fingerprint density at radius 2 is 2.26 bits per heavy atom. The van der Waals surface area contributed by atoms with Crippen molar-refractivity contribution in [2.75, 3.05) is 0 Å². The zero-order valence-corrected chi connectivity index (χ0v) is 11.9. The van der Waals surface area contributed by atoms with Crippen molar-refractivity contribution >= 4 is 16.9 Å². The molecular weight excluding hydrogens is 240 g/mol. The molecule has 0 saturated carbocycles. The number of nitrogens with one attached hydrogen (secondary N) is 1. The molecule has 2 heterocycles. The van der Waals surface area contributed by atoms with E-state index in [1.165, 1.54) is 0 Å². The highest BCUT2D eigenvalue weighted by molar-refractivity contribution is 5.97. The molecule has 0 aliphatic carbocycles. The Morgan fingerprint density at radius 1 is 1.53 bits per heavy atom. The van der Waals surface area contributed by atoms with Crippen LogP contribution in [0.1, 0.15) is 42.7 Å². The second kappa shape index (κ2) is 5.38. The maximum Gasteiger partial charge on any atom is 0.253 e. The third kappa shape index (κ3) is 2.75. The van der Waals surface area contributed by atoms with Gasteiger partial charge in [0.2, 0.25) is 0 Å². The van der Waals surface area contributed by atoms with Crippen molar-refractivity contribution in [1.29, 1.82) is 0 Å². The van der Waals surface area contributed by atoms with Gasteiger partial charge >= 0.3 is 0 Å². The summed E-state index contributed by atoms with van der Waals surface area (Å²) in [7, 11) is 1.85. The van der Waals surface area contributed by atoms with E-state index in [1.54, 1.807) is 10.9 Å². The van der Waals surface area contributed by atoms with Gasteiger partial charge in [-0.25, -0.2) is 4.98 Å². The molecule has 0 aliphatic rings. The Bertz CT molecular complexity index is 603. The number of pyridine rings is 1. The summed E-state index contributed by atoms with van der Waals surface area (Å²) >= 11 is 0. The van der Waals surface area contributed by atoms with Gasteiger partial charge in [-0.1, -0.05) is 13.3 Å². The Morgan fingerprint density at radius 3 is 2.95 bits per heavy atom. The van der Waals surface area contributed by atoms with Crippen LogP contribution in [-0.4, -0.2) is 26.7 Å².